The first-order valence-corrected chi connectivity index (χ1v) is 2.49. The maximum absolute atomic E-state index is 8.62. The second kappa shape index (κ2) is 2.93. The predicted octanol–water partition coefficient (Wildman–Crippen LogP) is -0.0860. The molecule has 0 aliphatic heterocycles. The maximum Gasteiger partial charge on any atom is 0.104 e. The summed E-state index contributed by atoms with van der Waals surface area (Å²) in [5.41, 5.74) is 0. The van der Waals surface area contributed by atoms with E-state index >= 15 is 0 Å². The predicted molar refractivity (Wildman–Crippen MR) is 33.3 cm³/mol. The van der Waals surface area contributed by atoms with Crippen LogP contribution in [0.1, 0.15) is 6.92 Å². The highest BCUT2D eigenvalue weighted by molar-refractivity contribution is 7.80. The SMILES string of the molecule is CNC(=S)C(C)O. The van der Waals surface area contributed by atoms with Gasteiger partial charge in [-0.1, -0.05) is 12.2 Å². The molecule has 0 aromatic rings. The van der Waals surface area contributed by atoms with Crippen molar-refractivity contribution >= 4 is 17.2 Å². The van der Waals surface area contributed by atoms with Crippen LogP contribution in [-0.2, 0) is 0 Å². The van der Waals surface area contributed by atoms with E-state index in [1.807, 2.05) is 0 Å². The van der Waals surface area contributed by atoms with Crippen molar-refractivity contribution in [2.24, 2.45) is 0 Å². The number of aliphatic hydroxyl groups is 1. The molecule has 3 heteroatoms. The number of hydrogen-bond acceptors (Lipinski definition) is 2. The van der Waals surface area contributed by atoms with Gasteiger partial charge in [-0.2, -0.15) is 0 Å². The number of aliphatic hydroxyl groups excluding tert-OH is 1. The average molecular weight is 119 g/mol. The quantitative estimate of drug-likeness (QED) is 0.473. The van der Waals surface area contributed by atoms with Gasteiger partial charge < -0.3 is 10.4 Å². The minimum absolute atomic E-state index is 0.486. The van der Waals surface area contributed by atoms with E-state index in [1.54, 1.807) is 14.0 Å². The maximum atomic E-state index is 8.62. The Balaban J connectivity index is 3.35. The van der Waals surface area contributed by atoms with Crippen LogP contribution in [0, 0.1) is 0 Å². The van der Waals surface area contributed by atoms with Crippen molar-refractivity contribution in [2.75, 3.05) is 7.05 Å². The highest BCUT2D eigenvalue weighted by Gasteiger charge is 1.97. The van der Waals surface area contributed by atoms with Crippen LogP contribution in [0.15, 0.2) is 0 Å². The minimum atomic E-state index is -0.514. The van der Waals surface area contributed by atoms with E-state index in [9.17, 15) is 0 Å². The molecule has 0 bridgehead atoms. The molecule has 2 nitrogen and oxygen atoms in total. The van der Waals surface area contributed by atoms with Crippen LogP contribution in [0.2, 0.25) is 0 Å². The van der Waals surface area contributed by atoms with Gasteiger partial charge in [0.15, 0.2) is 0 Å². The van der Waals surface area contributed by atoms with Crippen LogP contribution >= 0.6 is 12.2 Å². The molecule has 42 valence electrons. The fraction of sp³-hybridized carbons (Fsp3) is 0.750. The van der Waals surface area contributed by atoms with Crippen LogP contribution < -0.4 is 5.32 Å². The third-order valence-corrected chi connectivity index (χ3v) is 1.17. The molecule has 0 aromatic heterocycles. The van der Waals surface area contributed by atoms with Crippen LogP contribution in [0.4, 0.5) is 0 Å². The summed E-state index contributed by atoms with van der Waals surface area (Å²) in [5.74, 6) is 0. The summed E-state index contributed by atoms with van der Waals surface area (Å²) in [6.07, 6.45) is -0.514. The van der Waals surface area contributed by atoms with Crippen LogP contribution in [0.25, 0.3) is 0 Å². The molecule has 0 saturated heterocycles. The van der Waals surface area contributed by atoms with Crippen molar-refractivity contribution in [1.82, 2.24) is 5.32 Å². The van der Waals surface area contributed by atoms with Crippen molar-refractivity contribution < 1.29 is 5.11 Å². The zero-order valence-corrected chi connectivity index (χ0v) is 5.25. The molecule has 0 aliphatic carbocycles. The Kier molecular flexibility index (Phi) is 2.87. The molecule has 7 heavy (non-hydrogen) atoms. The van der Waals surface area contributed by atoms with Crippen LogP contribution in [0.5, 0.6) is 0 Å². The summed E-state index contributed by atoms with van der Waals surface area (Å²) in [6, 6.07) is 0. The lowest BCUT2D eigenvalue weighted by molar-refractivity contribution is 0.261. The van der Waals surface area contributed by atoms with Gasteiger partial charge >= 0.3 is 0 Å². The second-order valence-electron chi connectivity index (χ2n) is 1.29. The molecule has 1 unspecified atom stereocenters. The molecule has 0 heterocycles. The second-order valence-corrected chi connectivity index (χ2v) is 1.73. The summed E-state index contributed by atoms with van der Waals surface area (Å²) in [7, 11) is 1.69. The van der Waals surface area contributed by atoms with Gasteiger partial charge in [-0.3, -0.25) is 0 Å². The van der Waals surface area contributed by atoms with Gasteiger partial charge in [-0.25, -0.2) is 0 Å². The number of likely N-dealkylation sites (N-methyl/N-ethyl adjacent to an activating group) is 1. The lowest BCUT2D eigenvalue weighted by Crippen LogP contribution is -2.26. The fourth-order valence-electron chi connectivity index (χ4n) is 0.209. The van der Waals surface area contributed by atoms with Crippen molar-refractivity contribution in [2.45, 2.75) is 13.0 Å². The Bertz CT molecular complexity index is 72.1. The molecule has 0 radical (unpaired) electrons. The Morgan fingerprint density at radius 3 is 2.29 bits per heavy atom. The molecule has 0 aromatic carbocycles. The molecule has 1 atom stereocenters. The molecule has 0 rings (SSSR count). The summed E-state index contributed by atoms with van der Waals surface area (Å²) in [4.78, 5) is 0.486. The third kappa shape index (κ3) is 2.53. The Labute approximate surface area is 48.5 Å². The zero-order chi connectivity index (χ0) is 5.86. The smallest absolute Gasteiger partial charge is 0.104 e. The highest BCUT2D eigenvalue weighted by Crippen LogP contribution is 1.79. The van der Waals surface area contributed by atoms with Gasteiger partial charge in [0.25, 0.3) is 0 Å². The standard InChI is InChI=1S/C4H9NOS/c1-3(6)4(7)5-2/h3,6H,1-2H3,(H,5,7). The monoisotopic (exact) mass is 119 g/mol. The molecule has 2 N–H and O–H groups in total. The van der Waals surface area contributed by atoms with Crippen molar-refractivity contribution in [1.29, 1.82) is 0 Å². The molecule has 0 fully saturated rings. The lowest BCUT2D eigenvalue weighted by atomic mass is 10.4. The fourth-order valence-corrected chi connectivity index (χ4v) is 0.209. The number of hydrogen-bond donors (Lipinski definition) is 2. The van der Waals surface area contributed by atoms with Gasteiger partial charge in [0.05, 0.1) is 0 Å². The Hall–Kier alpha value is -0.150. The van der Waals surface area contributed by atoms with Crippen molar-refractivity contribution in [3.05, 3.63) is 0 Å². The molecular formula is C4H9NOS. The van der Waals surface area contributed by atoms with Gasteiger partial charge in [-0.05, 0) is 6.92 Å². The summed E-state index contributed by atoms with van der Waals surface area (Å²) in [5, 5.41) is 11.3. The van der Waals surface area contributed by atoms with Crippen molar-refractivity contribution in [3.63, 3.8) is 0 Å². The molecular weight excluding hydrogens is 110 g/mol. The van der Waals surface area contributed by atoms with Gasteiger partial charge in [0.1, 0.15) is 11.1 Å². The minimum Gasteiger partial charge on any atom is -0.386 e. The van der Waals surface area contributed by atoms with E-state index in [4.69, 9.17) is 5.11 Å². The number of rotatable bonds is 1. The normalized spacial score (nSPS) is 13.0. The zero-order valence-electron chi connectivity index (χ0n) is 4.43. The lowest BCUT2D eigenvalue weighted by Gasteiger charge is -2.02. The first-order valence-electron chi connectivity index (χ1n) is 2.08. The first kappa shape index (κ1) is 6.85. The van der Waals surface area contributed by atoms with Crippen LogP contribution in [0.3, 0.4) is 0 Å². The van der Waals surface area contributed by atoms with E-state index in [2.05, 4.69) is 17.5 Å². The largest absolute Gasteiger partial charge is 0.386 e. The first-order chi connectivity index (χ1) is 3.18. The van der Waals surface area contributed by atoms with E-state index in [-0.39, 0.29) is 0 Å². The van der Waals surface area contributed by atoms with E-state index in [0.717, 1.165) is 0 Å². The average Bonchev–Trinajstić information content (AvgIpc) is 1.65. The van der Waals surface area contributed by atoms with E-state index < -0.39 is 6.10 Å². The summed E-state index contributed by atoms with van der Waals surface area (Å²) in [6.45, 7) is 1.62. The number of thiocarbonyl (C=S) groups is 1. The van der Waals surface area contributed by atoms with E-state index in [1.165, 1.54) is 0 Å². The summed E-state index contributed by atoms with van der Waals surface area (Å²) >= 11 is 4.62. The van der Waals surface area contributed by atoms with Gasteiger partial charge in [0.2, 0.25) is 0 Å². The topological polar surface area (TPSA) is 32.3 Å². The number of nitrogens with one attached hydrogen (secondary N) is 1. The molecule has 0 amide bonds. The van der Waals surface area contributed by atoms with Gasteiger partial charge in [-0.15, -0.1) is 0 Å². The molecule has 0 spiro atoms. The van der Waals surface area contributed by atoms with Crippen molar-refractivity contribution in [3.8, 4) is 0 Å². The Morgan fingerprint density at radius 2 is 2.29 bits per heavy atom. The Morgan fingerprint density at radius 1 is 1.86 bits per heavy atom. The van der Waals surface area contributed by atoms with E-state index in [0.29, 0.717) is 4.99 Å². The highest BCUT2D eigenvalue weighted by atomic mass is 32.1. The third-order valence-electron chi connectivity index (χ3n) is 0.626. The van der Waals surface area contributed by atoms with Gasteiger partial charge in [0, 0.05) is 7.05 Å². The molecule has 0 saturated carbocycles. The van der Waals surface area contributed by atoms with Crippen LogP contribution in [-0.4, -0.2) is 23.2 Å². The molecule has 0 aliphatic rings. The summed E-state index contributed by atoms with van der Waals surface area (Å²) < 4.78 is 0.